The molecule has 0 amide bonds. The molecule has 9 nitrogen and oxygen atoms in total. The van der Waals surface area contributed by atoms with E-state index in [-0.39, 0.29) is 32.2 Å². The Morgan fingerprint density at radius 3 is 1.27 bits per heavy atom. The standard InChI is InChI=1S/C58H103NO8/c1-6-8-10-12-14-16-18-20-22-24-26-28-30-32-34-36-38-40-42-44-46-48-55(60)65-52-54(53-66-58(57(62)63)64-51-50-59(3,4)5)67-56(61)49-47-45-43-41-39-37-35-33-31-29-27-25-23-21-19-17-15-13-11-9-7-2/h9,11,15,17,21,23,27,29,33,35,54,58H,6-8,10,12-14,16,18-20,22,24-26,28,30-32,34,36-53H2,1-5H3/p+1/b11-9-,17-15-,23-21-,29-27-,35-33-. The lowest BCUT2D eigenvalue weighted by Crippen LogP contribution is -2.40. The van der Waals surface area contributed by atoms with Gasteiger partial charge in [-0.1, -0.05) is 222 Å². The number of rotatable bonds is 50. The lowest BCUT2D eigenvalue weighted by molar-refractivity contribution is -0.870. The normalized spacial score (nSPS) is 13.3. The number of carbonyl (C=O) groups is 3. The number of quaternary nitrogens is 1. The monoisotopic (exact) mass is 943 g/mol. The largest absolute Gasteiger partial charge is 0.477 e. The number of carbonyl (C=O) groups excluding carboxylic acids is 2. The van der Waals surface area contributed by atoms with Gasteiger partial charge >= 0.3 is 17.9 Å². The third-order valence-electron chi connectivity index (χ3n) is 11.8. The molecule has 0 saturated carbocycles. The topological polar surface area (TPSA) is 108 Å². The molecule has 0 fully saturated rings. The Balaban J connectivity index is 4.32. The van der Waals surface area contributed by atoms with Crippen LogP contribution in [0.3, 0.4) is 0 Å². The van der Waals surface area contributed by atoms with Crippen molar-refractivity contribution in [1.82, 2.24) is 0 Å². The van der Waals surface area contributed by atoms with Crippen LogP contribution in [0.5, 0.6) is 0 Å². The highest BCUT2D eigenvalue weighted by molar-refractivity contribution is 5.71. The summed E-state index contributed by atoms with van der Waals surface area (Å²) in [7, 11) is 5.96. The van der Waals surface area contributed by atoms with Crippen LogP contribution in [0.4, 0.5) is 0 Å². The Kier molecular flexibility index (Phi) is 47.2. The molecule has 0 heterocycles. The zero-order valence-electron chi connectivity index (χ0n) is 44.1. The maximum Gasteiger partial charge on any atom is 0.361 e. The Hall–Kier alpha value is -3.01. The van der Waals surface area contributed by atoms with Crippen LogP contribution in [-0.2, 0) is 33.3 Å². The molecule has 0 bridgehead atoms. The number of ether oxygens (including phenoxy) is 4. The maximum atomic E-state index is 12.8. The van der Waals surface area contributed by atoms with Crippen LogP contribution < -0.4 is 0 Å². The molecule has 9 heteroatoms. The number of aliphatic carboxylic acids is 1. The number of carboxylic acid groups (broad SMARTS) is 1. The summed E-state index contributed by atoms with van der Waals surface area (Å²) in [5.74, 6) is -2.03. The molecule has 0 radical (unpaired) electrons. The van der Waals surface area contributed by atoms with E-state index < -0.39 is 24.3 Å². The highest BCUT2D eigenvalue weighted by atomic mass is 16.7. The molecule has 0 saturated heterocycles. The van der Waals surface area contributed by atoms with Crippen molar-refractivity contribution in [3.05, 3.63) is 60.8 Å². The number of hydrogen-bond acceptors (Lipinski definition) is 7. The molecule has 67 heavy (non-hydrogen) atoms. The highest BCUT2D eigenvalue weighted by Crippen LogP contribution is 2.16. The predicted molar refractivity (Wildman–Crippen MR) is 281 cm³/mol. The number of nitrogens with zero attached hydrogens (tertiary/aromatic N) is 1. The first-order valence-electron chi connectivity index (χ1n) is 27.5. The fraction of sp³-hybridized carbons (Fsp3) is 0.776. The molecule has 2 atom stereocenters. The number of carboxylic acids is 1. The van der Waals surface area contributed by atoms with Crippen molar-refractivity contribution in [2.75, 3.05) is 47.5 Å². The lowest BCUT2D eigenvalue weighted by atomic mass is 10.0. The molecule has 0 aliphatic heterocycles. The molecular weight excluding hydrogens is 839 g/mol. The number of likely N-dealkylation sites (N-methyl/N-ethyl adjacent to an activating group) is 1. The highest BCUT2D eigenvalue weighted by Gasteiger charge is 2.25. The average Bonchev–Trinajstić information content (AvgIpc) is 3.29. The van der Waals surface area contributed by atoms with Crippen molar-refractivity contribution < 1.29 is 42.9 Å². The summed E-state index contributed by atoms with van der Waals surface area (Å²) in [5, 5.41) is 9.69. The van der Waals surface area contributed by atoms with Gasteiger partial charge in [0.2, 0.25) is 0 Å². The third kappa shape index (κ3) is 50.7. The van der Waals surface area contributed by atoms with Crippen LogP contribution >= 0.6 is 0 Å². The second-order valence-electron chi connectivity index (χ2n) is 19.5. The van der Waals surface area contributed by atoms with Crippen LogP contribution in [0.2, 0.25) is 0 Å². The van der Waals surface area contributed by atoms with Gasteiger partial charge in [-0.2, -0.15) is 0 Å². The van der Waals surface area contributed by atoms with E-state index in [9.17, 15) is 19.5 Å². The van der Waals surface area contributed by atoms with Gasteiger partial charge in [-0.15, -0.1) is 0 Å². The summed E-state index contributed by atoms with van der Waals surface area (Å²) >= 11 is 0. The van der Waals surface area contributed by atoms with Gasteiger partial charge in [0.25, 0.3) is 6.29 Å². The van der Waals surface area contributed by atoms with Crippen LogP contribution in [-0.4, -0.2) is 87.4 Å². The fourth-order valence-corrected chi connectivity index (χ4v) is 7.57. The Morgan fingerprint density at radius 2 is 0.851 bits per heavy atom. The molecular formula is C58H104NO8+. The number of unbranched alkanes of at least 4 members (excludes halogenated alkanes) is 25. The first kappa shape index (κ1) is 64.0. The van der Waals surface area contributed by atoms with Gasteiger partial charge in [0.15, 0.2) is 6.10 Å². The molecule has 0 spiro atoms. The predicted octanol–water partition coefficient (Wildman–Crippen LogP) is 15.7. The zero-order valence-corrected chi connectivity index (χ0v) is 44.1. The third-order valence-corrected chi connectivity index (χ3v) is 11.8. The van der Waals surface area contributed by atoms with Crippen molar-refractivity contribution >= 4 is 17.9 Å². The summed E-state index contributed by atoms with van der Waals surface area (Å²) in [5.41, 5.74) is 0. The second-order valence-corrected chi connectivity index (χ2v) is 19.5. The quantitative estimate of drug-likeness (QED) is 0.0211. The second kappa shape index (κ2) is 49.4. The average molecular weight is 943 g/mol. The first-order chi connectivity index (χ1) is 32.6. The van der Waals surface area contributed by atoms with E-state index in [1.54, 1.807) is 0 Å². The minimum atomic E-state index is -1.52. The van der Waals surface area contributed by atoms with Crippen LogP contribution in [0.15, 0.2) is 60.8 Å². The van der Waals surface area contributed by atoms with E-state index in [1.807, 2.05) is 21.1 Å². The minimum absolute atomic E-state index is 0.182. The van der Waals surface area contributed by atoms with Crippen molar-refractivity contribution in [2.24, 2.45) is 0 Å². The molecule has 0 rings (SSSR count). The molecule has 0 aromatic rings. The van der Waals surface area contributed by atoms with Gasteiger partial charge in [-0.05, 0) is 57.8 Å². The van der Waals surface area contributed by atoms with Crippen LogP contribution in [0.1, 0.15) is 232 Å². The van der Waals surface area contributed by atoms with Crippen LogP contribution in [0.25, 0.3) is 0 Å². The number of allylic oxidation sites excluding steroid dienone is 10. The molecule has 388 valence electrons. The van der Waals surface area contributed by atoms with E-state index >= 15 is 0 Å². The van der Waals surface area contributed by atoms with Crippen molar-refractivity contribution in [1.29, 1.82) is 0 Å². The number of hydrogen-bond donors (Lipinski definition) is 1. The van der Waals surface area contributed by atoms with Crippen molar-refractivity contribution in [3.8, 4) is 0 Å². The molecule has 2 unspecified atom stereocenters. The maximum absolute atomic E-state index is 12.8. The summed E-state index contributed by atoms with van der Waals surface area (Å²) in [6.45, 7) is 4.76. The van der Waals surface area contributed by atoms with E-state index in [0.29, 0.717) is 23.9 Å². The van der Waals surface area contributed by atoms with Gasteiger partial charge in [0, 0.05) is 12.8 Å². The Bertz CT molecular complexity index is 1280. The van der Waals surface area contributed by atoms with Gasteiger partial charge in [0.1, 0.15) is 13.2 Å². The Morgan fingerprint density at radius 1 is 0.463 bits per heavy atom. The molecule has 0 aromatic heterocycles. The summed E-state index contributed by atoms with van der Waals surface area (Å²) in [6, 6.07) is 0. The van der Waals surface area contributed by atoms with Crippen LogP contribution in [0, 0.1) is 0 Å². The molecule has 0 aromatic carbocycles. The fourth-order valence-electron chi connectivity index (χ4n) is 7.57. The summed E-state index contributed by atoms with van der Waals surface area (Å²) in [6.07, 6.45) is 58.6. The van der Waals surface area contributed by atoms with E-state index in [4.69, 9.17) is 18.9 Å². The molecule has 1 N–H and O–H groups in total. The minimum Gasteiger partial charge on any atom is -0.477 e. The summed E-state index contributed by atoms with van der Waals surface area (Å²) < 4.78 is 22.8. The van der Waals surface area contributed by atoms with Gasteiger partial charge < -0.3 is 28.5 Å². The smallest absolute Gasteiger partial charge is 0.361 e. The first-order valence-corrected chi connectivity index (χ1v) is 27.5. The number of esters is 2. The van der Waals surface area contributed by atoms with E-state index in [1.165, 1.54) is 116 Å². The summed E-state index contributed by atoms with van der Waals surface area (Å²) in [4.78, 5) is 37.4. The Labute approximate surface area is 412 Å². The zero-order chi connectivity index (χ0) is 49.2. The van der Waals surface area contributed by atoms with Gasteiger partial charge in [-0.3, -0.25) is 9.59 Å². The molecule has 0 aliphatic rings. The van der Waals surface area contributed by atoms with Gasteiger partial charge in [0.05, 0.1) is 34.4 Å². The van der Waals surface area contributed by atoms with E-state index in [2.05, 4.69) is 74.6 Å². The lowest BCUT2D eigenvalue weighted by Gasteiger charge is -2.25. The van der Waals surface area contributed by atoms with Gasteiger partial charge in [-0.25, -0.2) is 4.79 Å². The SMILES string of the molecule is CC/C=C\C/C=C\C/C=C\C/C=C\C/C=C\CCCCCCCC(=O)OC(COC(=O)CCCCCCCCCCCCCCCCCCCCCCC)COC(OCC[N+](C)(C)C)C(=O)O. The van der Waals surface area contributed by atoms with Crippen molar-refractivity contribution in [3.63, 3.8) is 0 Å². The van der Waals surface area contributed by atoms with E-state index in [0.717, 1.165) is 83.5 Å². The molecule has 0 aliphatic carbocycles. The van der Waals surface area contributed by atoms with Crippen molar-refractivity contribution in [2.45, 2.75) is 245 Å².